The standard InChI is InChI=1S/C19H18N4O3S2/c1-11(2)28(24,25)18-7-13-14(8-16(18)26-3)20-9-21-19(13)23-12-4-5-17-15(6-12)22-10-27-17/h4-11H,1-3H3,(H,20,21,23). The molecule has 0 spiro atoms. The molecule has 0 aliphatic heterocycles. The highest BCUT2D eigenvalue weighted by Gasteiger charge is 2.25. The predicted molar refractivity (Wildman–Crippen MR) is 111 cm³/mol. The molecular weight excluding hydrogens is 396 g/mol. The molecule has 2 aromatic heterocycles. The Morgan fingerprint density at radius 3 is 2.64 bits per heavy atom. The molecule has 1 N–H and O–H groups in total. The summed E-state index contributed by atoms with van der Waals surface area (Å²) >= 11 is 1.57. The quantitative estimate of drug-likeness (QED) is 0.524. The molecule has 9 heteroatoms. The number of hydrogen-bond donors (Lipinski definition) is 1. The number of aromatic nitrogens is 3. The van der Waals surface area contributed by atoms with Gasteiger partial charge in [0.2, 0.25) is 0 Å². The van der Waals surface area contributed by atoms with Crippen LogP contribution in [-0.2, 0) is 9.84 Å². The minimum absolute atomic E-state index is 0.130. The highest BCUT2D eigenvalue weighted by Crippen LogP contribution is 2.34. The van der Waals surface area contributed by atoms with Gasteiger partial charge in [-0.2, -0.15) is 0 Å². The molecule has 0 aliphatic carbocycles. The molecule has 0 saturated heterocycles. The fraction of sp³-hybridized carbons (Fsp3) is 0.211. The van der Waals surface area contributed by atoms with Crippen molar-refractivity contribution in [1.29, 1.82) is 0 Å². The molecular formula is C19H18N4O3S2. The van der Waals surface area contributed by atoms with Gasteiger partial charge in [-0.25, -0.2) is 23.4 Å². The van der Waals surface area contributed by atoms with Crippen molar-refractivity contribution in [3.63, 3.8) is 0 Å². The van der Waals surface area contributed by atoms with Gasteiger partial charge >= 0.3 is 0 Å². The Morgan fingerprint density at radius 1 is 1.07 bits per heavy atom. The van der Waals surface area contributed by atoms with E-state index in [0.717, 1.165) is 15.9 Å². The summed E-state index contributed by atoms with van der Waals surface area (Å²) in [4.78, 5) is 13.0. The third-order valence-corrected chi connectivity index (χ3v) is 7.42. The SMILES string of the molecule is COc1cc2ncnc(Nc3ccc4scnc4c3)c2cc1S(=O)(=O)C(C)C. The minimum atomic E-state index is -3.54. The Morgan fingerprint density at radius 2 is 1.89 bits per heavy atom. The average Bonchev–Trinajstić information content (AvgIpc) is 3.15. The number of thiazole rings is 1. The van der Waals surface area contributed by atoms with E-state index in [1.807, 2.05) is 18.2 Å². The third kappa shape index (κ3) is 3.16. The van der Waals surface area contributed by atoms with Crippen LogP contribution < -0.4 is 10.1 Å². The maximum absolute atomic E-state index is 12.8. The van der Waals surface area contributed by atoms with E-state index in [-0.39, 0.29) is 10.6 Å². The molecule has 2 aromatic carbocycles. The number of hydrogen-bond acceptors (Lipinski definition) is 8. The van der Waals surface area contributed by atoms with Crippen molar-refractivity contribution in [1.82, 2.24) is 15.0 Å². The summed E-state index contributed by atoms with van der Waals surface area (Å²) in [5, 5.41) is 3.27. The Labute approximate surface area is 166 Å². The summed E-state index contributed by atoms with van der Waals surface area (Å²) in [5.74, 6) is 0.789. The van der Waals surface area contributed by atoms with E-state index < -0.39 is 15.1 Å². The first kappa shape index (κ1) is 18.6. The Balaban J connectivity index is 1.86. The topological polar surface area (TPSA) is 94.1 Å². The Kier molecular flexibility index (Phi) is 4.64. The fourth-order valence-electron chi connectivity index (χ4n) is 2.87. The van der Waals surface area contributed by atoms with E-state index in [0.29, 0.717) is 16.7 Å². The second kappa shape index (κ2) is 6.99. The summed E-state index contributed by atoms with van der Waals surface area (Å²) in [5.41, 5.74) is 4.08. The lowest BCUT2D eigenvalue weighted by Gasteiger charge is -2.15. The minimum Gasteiger partial charge on any atom is -0.495 e. The number of nitrogens with one attached hydrogen (secondary N) is 1. The molecule has 4 rings (SSSR count). The maximum Gasteiger partial charge on any atom is 0.184 e. The predicted octanol–water partition coefficient (Wildman–Crippen LogP) is 4.17. The summed E-state index contributed by atoms with van der Waals surface area (Å²) < 4.78 is 32.0. The first-order valence-corrected chi connectivity index (χ1v) is 11.0. The van der Waals surface area contributed by atoms with E-state index in [2.05, 4.69) is 20.3 Å². The average molecular weight is 415 g/mol. The lowest BCUT2D eigenvalue weighted by atomic mass is 10.2. The largest absolute Gasteiger partial charge is 0.495 e. The van der Waals surface area contributed by atoms with Gasteiger partial charge in [-0.15, -0.1) is 11.3 Å². The second-order valence-electron chi connectivity index (χ2n) is 6.50. The zero-order valence-corrected chi connectivity index (χ0v) is 17.1. The number of methoxy groups -OCH3 is 1. The molecule has 0 fully saturated rings. The monoisotopic (exact) mass is 414 g/mol. The molecule has 0 radical (unpaired) electrons. The summed E-state index contributed by atoms with van der Waals surface area (Å²) in [6.07, 6.45) is 1.43. The van der Waals surface area contributed by atoms with Crippen molar-refractivity contribution in [3.8, 4) is 5.75 Å². The molecule has 2 heterocycles. The van der Waals surface area contributed by atoms with Gasteiger partial charge in [-0.3, -0.25) is 0 Å². The molecule has 0 unspecified atom stereocenters. The highest BCUT2D eigenvalue weighted by molar-refractivity contribution is 7.92. The van der Waals surface area contributed by atoms with Crippen molar-refractivity contribution < 1.29 is 13.2 Å². The molecule has 7 nitrogen and oxygen atoms in total. The Bertz CT molecular complexity index is 1280. The highest BCUT2D eigenvalue weighted by atomic mass is 32.2. The first-order valence-electron chi connectivity index (χ1n) is 8.57. The van der Waals surface area contributed by atoms with Crippen LogP contribution >= 0.6 is 11.3 Å². The van der Waals surface area contributed by atoms with E-state index in [4.69, 9.17) is 4.74 Å². The van der Waals surface area contributed by atoms with Crippen LogP contribution in [0.4, 0.5) is 11.5 Å². The normalized spacial score (nSPS) is 12.0. The van der Waals surface area contributed by atoms with Gasteiger partial charge in [0.25, 0.3) is 0 Å². The van der Waals surface area contributed by atoms with Crippen molar-refractivity contribution in [3.05, 3.63) is 42.2 Å². The van der Waals surface area contributed by atoms with E-state index >= 15 is 0 Å². The van der Waals surface area contributed by atoms with Crippen molar-refractivity contribution in [2.24, 2.45) is 0 Å². The van der Waals surface area contributed by atoms with Gasteiger partial charge in [0.05, 0.1) is 33.6 Å². The van der Waals surface area contributed by atoms with E-state index in [9.17, 15) is 8.42 Å². The molecule has 0 amide bonds. The van der Waals surface area contributed by atoms with Gasteiger partial charge in [0.1, 0.15) is 22.8 Å². The van der Waals surface area contributed by atoms with Crippen LogP contribution in [0, 0.1) is 0 Å². The van der Waals surface area contributed by atoms with Crippen LogP contribution in [0.15, 0.2) is 47.1 Å². The third-order valence-electron chi connectivity index (χ3n) is 4.44. The zero-order valence-electron chi connectivity index (χ0n) is 15.5. The number of rotatable bonds is 5. The zero-order chi connectivity index (χ0) is 19.9. The van der Waals surface area contributed by atoms with Crippen LogP contribution in [0.3, 0.4) is 0 Å². The number of benzene rings is 2. The lowest BCUT2D eigenvalue weighted by Crippen LogP contribution is -2.15. The van der Waals surface area contributed by atoms with Crippen LogP contribution in [-0.4, -0.2) is 35.7 Å². The van der Waals surface area contributed by atoms with E-state index in [1.54, 1.807) is 42.8 Å². The summed E-state index contributed by atoms with van der Waals surface area (Å²) in [6.45, 7) is 3.28. The fourth-order valence-corrected chi connectivity index (χ4v) is 4.74. The molecule has 28 heavy (non-hydrogen) atoms. The molecule has 0 bridgehead atoms. The van der Waals surface area contributed by atoms with Crippen LogP contribution in [0.5, 0.6) is 5.75 Å². The molecule has 4 aromatic rings. The number of anilines is 2. The van der Waals surface area contributed by atoms with Gasteiger partial charge in [-0.1, -0.05) is 0 Å². The number of fused-ring (bicyclic) bond motifs is 2. The first-order chi connectivity index (χ1) is 13.4. The molecule has 0 aliphatic rings. The smallest absolute Gasteiger partial charge is 0.184 e. The van der Waals surface area contributed by atoms with Gasteiger partial charge in [0.15, 0.2) is 9.84 Å². The summed E-state index contributed by atoms with van der Waals surface area (Å²) in [7, 11) is -2.09. The van der Waals surface area contributed by atoms with Crippen LogP contribution in [0.25, 0.3) is 21.1 Å². The van der Waals surface area contributed by atoms with E-state index in [1.165, 1.54) is 13.4 Å². The number of ether oxygens (including phenoxy) is 1. The molecule has 0 saturated carbocycles. The van der Waals surface area contributed by atoms with Gasteiger partial charge in [0, 0.05) is 17.1 Å². The Hall–Kier alpha value is -2.78. The number of nitrogens with zero attached hydrogens (tertiary/aromatic N) is 3. The van der Waals surface area contributed by atoms with Crippen molar-refractivity contribution >= 4 is 53.8 Å². The molecule has 0 atom stereocenters. The lowest BCUT2D eigenvalue weighted by molar-refractivity contribution is 0.403. The number of sulfone groups is 1. The summed E-state index contributed by atoms with van der Waals surface area (Å²) in [6, 6.07) is 9.05. The van der Waals surface area contributed by atoms with Gasteiger partial charge < -0.3 is 10.1 Å². The van der Waals surface area contributed by atoms with Crippen LogP contribution in [0.1, 0.15) is 13.8 Å². The van der Waals surface area contributed by atoms with Crippen molar-refractivity contribution in [2.45, 2.75) is 24.0 Å². The second-order valence-corrected chi connectivity index (χ2v) is 9.86. The van der Waals surface area contributed by atoms with Crippen molar-refractivity contribution in [2.75, 3.05) is 12.4 Å². The molecule has 144 valence electrons. The van der Waals surface area contributed by atoms with Gasteiger partial charge in [-0.05, 0) is 38.1 Å². The van der Waals surface area contributed by atoms with Crippen LogP contribution in [0.2, 0.25) is 0 Å². The maximum atomic E-state index is 12.8.